The van der Waals surface area contributed by atoms with Crippen molar-refractivity contribution in [2.45, 2.75) is 39.5 Å². The van der Waals surface area contributed by atoms with Crippen molar-refractivity contribution >= 4 is 21.8 Å². The number of nitrogens with zero attached hydrogens (tertiary/aromatic N) is 2. The minimum absolute atomic E-state index is 0.258. The van der Waals surface area contributed by atoms with Crippen LogP contribution < -0.4 is 15.4 Å². The van der Waals surface area contributed by atoms with E-state index in [-0.39, 0.29) is 6.54 Å². The van der Waals surface area contributed by atoms with E-state index in [0.717, 1.165) is 28.9 Å². The second-order valence-corrected chi connectivity index (χ2v) is 8.01. The van der Waals surface area contributed by atoms with Crippen LogP contribution in [0.15, 0.2) is 23.1 Å². The first-order chi connectivity index (χ1) is 12.2. The third kappa shape index (κ3) is 5.15. The number of anilines is 2. The number of hydrogen-bond acceptors (Lipinski definition) is 6. The monoisotopic (exact) mass is 377 g/mol. The zero-order valence-electron chi connectivity index (χ0n) is 16.0. The van der Waals surface area contributed by atoms with Gasteiger partial charge >= 0.3 is 0 Å². The van der Waals surface area contributed by atoms with Gasteiger partial charge in [0, 0.05) is 31.4 Å². The van der Waals surface area contributed by atoms with E-state index in [1.807, 2.05) is 46.8 Å². The molecule has 2 aromatic rings. The van der Waals surface area contributed by atoms with Crippen molar-refractivity contribution in [1.82, 2.24) is 14.7 Å². The van der Waals surface area contributed by atoms with Crippen LogP contribution in [0.3, 0.4) is 0 Å². The van der Waals surface area contributed by atoms with Crippen LogP contribution in [0.1, 0.15) is 29.3 Å². The molecule has 0 unspecified atom stereocenters. The van der Waals surface area contributed by atoms with E-state index in [4.69, 9.17) is 0 Å². The van der Waals surface area contributed by atoms with E-state index >= 15 is 0 Å². The molecule has 3 N–H and O–H groups in total. The number of aromatic nitrogens is 2. The van der Waals surface area contributed by atoms with Crippen molar-refractivity contribution in [2.24, 2.45) is 0 Å². The highest BCUT2D eigenvalue weighted by Gasteiger charge is 2.17. The van der Waals surface area contributed by atoms with Gasteiger partial charge in [-0.05, 0) is 57.4 Å². The normalized spacial score (nSPS) is 11.4. The summed E-state index contributed by atoms with van der Waals surface area (Å²) in [6.45, 7) is 11.0. The van der Waals surface area contributed by atoms with Crippen LogP contribution in [-0.2, 0) is 10.0 Å². The highest BCUT2D eigenvalue weighted by Crippen LogP contribution is 2.19. The molecule has 1 aromatic heterocycles. The largest absolute Gasteiger partial charge is 0.369 e. The molecule has 0 spiro atoms. The summed E-state index contributed by atoms with van der Waals surface area (Å²) < 4.78 is 27.7. The van der Waals surface area contributed by atoms with Gasteiger partial charge in [-0.1, -0.05) is 6.07 Å². The van der Waals surface area contributed by atoms with Crippen molar-refractivity contribution in [3.05, 3.63) is 40.6 Å². The molecule has 1 heterocycles. The fourth-order valence-corrected chi connectivity index (χ4v) is 3.91. The Kier molecular flexibility index (Phi) is 6.55. The Balaban J connectivity index is 1.98. The topological polar surface area (TPSA) is 96.0 Å². The molecule has 0 saturated heterocycles. The van der Waals surface area contributed by atoms with Gasteiger partial charge in [0.25, 0.3) is 0 Å². The Labute approximate surface area is 155 Å². The third-order valence-corrected chi connectivity index (χ3v) is 5.60. The maximum atomic E-state index is 12.5. The fourth-order valence-electron chi connectivity index (χ4n) is 2.57. The molecule has 8 heteroatoms. The molecule has 2 rings (SSSR count). The molecule has 0 radical (unpaired) electrons. The number of benzene rings is 1. The lowest BCUT2D eigenvalue weighted by molar-refractivity contribution is 0.582. The van der Waals surface area contributed by atoms with E-state index in [1.54, 1.807) is 6.07 Å². The zero-order valence-corrected chi connectivity index (χ0v) is 16.8. The van der Waals surface area contributed by atoms with Crippen LogP contribution >= 0.6 is 0 Å². The van der Waals surface area contributed by atoms with Gasteiger partial charge in [-0.25, -0.2) is 18.1 Å². The average molecular weight is 378 g/mol. The Morgan fingerprint density at radius 2 is 1.58 bits per heavy atom. The third-order valence-electron chi connectivity index (χ3n) is 3.99. The van der Waals surface area contributed by atoms with E-state index in [0.29, 0.717) is 23.2 Å². The average Bonchev–Trinajstić information content (AvgIpc) is 2.55. The molecule has 0 atom stereocenters. The SMILES string of the molecule is CCNc1nc(C)cc(NCCNS(=O)(=O)c2cc(C)c(C)cc2C)n1. The predicted octanol–water partition coefficient (Wildman–Crippen LogP) is 2.53. The van der Waals surface area contributed by atoms with Crippen molar-refractivity contribution in [2.75, 3.05) is 30.3 Å². The first-order valence-corrected chi connectivity index (χ1v) is 10.1. The number of sulfonamides is 1. The molecule has 0 aliphatic heterocycles. The summed E-state index contributed by atoms with van der Waals surface area (Å²) in [5.41, 5.74) is 3.63. The maximum absolute atomic E-state index is 12.5. The standard InChI is InChI=1S/C18H27N5O2S/c1-6-19-18-22-15(5)11-17(23-18)20-7-8-21-26(24,25)16-10-13(3)12(2)9-14(16)4/h9-11,21H,6-8H2,1-5H3,(H2,19,20,22,23). The van der Waals surface area contributed by atoms with Crippen LogP contribution in [0.2, 0.25) is 0 Å². The maximum Gasteiger partial charge on any atom is 0.240 e. The molecule has 1 aromatic carbocycles. The lowest BCUT2D eigenvalue weighted by atomic mass is 10.1. The molecule has 0 fully saturated rings. The van der Waals surface area contributed by atoms with Crippen LogP contribution in [0.25, 0.3) is 0 Å². The van der Waals surface area contributed by atoms with E-state index in [9.17, 15) is 8.42 Å². The van der Waals surface area contributed by atoms with E-state index < -0.39 is 10.0 Å². The molecular weight excluding hydrogens is 350 g/mol. The first-order valence-electron chi connectivity index (χ1n) is 8.64. The summed E-state index contributed by atoms with van der Waals surface area (Å²) in [5.74, 6) is 1.22. The quantitative estimate of drug-likeness (QED) is 0.612. The molecule has 0 amide bonds. The summed E-state index contributed by atoms with van der Waals surface area (Å²) in [4.78, 5) is 8.95. The fraction of sp³-hybridized carbons (Fsp3) is 0.444. The van der Waals surface area contributed by atoms with Gasteiger partial charge in [0.15, 0.2) is 0 Å². The molecule has 0 aliphatic carbocycles. The van der Waals surface area contributed by atoms with E-state index in [1.165, 1.54) is 0 Å². The van der Waals surface area contributed by atoms with Crippen LogP contribution in [0.4, 0.5) is 11.8 Å². The summed E-state index contributed by atoms with van der Waals surface area (Å²) in [5, 5.41) is 6.19. The van der Waals surface area contributed by atoms with Gasteiger partial charge in [-0.2, -0.15) is 4.98 Å². The smallest absolute Gasteiger partial charge is 0.240 e. The summed E-state index contributed by atoms with van der Waals surface area (Å²) in [6.07, 6.45) is 0. The highest BCUT2D eigenvalue weighted by molar-refractivity contribution is 7.89. The summed E-state index contributed by atoms with van der Waals surface area (Å²) >= 11 is 0. The summed E-state index contributed by atoms with van der Waals surface area (Å²) in [7, 11) is -3.54. The Bertz CT molecular complexity index is 881. The molecule has 0 saturated carbocycles. The lowest BCUT2D eigenvalue weighted by Crippen LogP contribution is -2.29. The second-order valence-electron chi connectivity index (χ2n) is 6.28. The molecule has 7 nitrogen and oxygen atoms in total. The van der Waals surface area contributed by atoms with Crippen LogP contribution in [0.5, 0.6) is 0 Å². The minimum atomic E-state index is -3.54. The Hall–Kier alpha value is -2.19. The van der Waals surface area contributed by atoms with Crippen molar-refractivity contribution in [3.63, 3.8) is 0 Å². The van der Waals surface area contributed by atoms with E-state index in [2.05, 4.69) is 25.3 Å². The molecule has 0 aliphatic rings. The molecule has 0 bridgehead atoms. The predicted molar refractivity (Wildman–Crippen MR) is 105 cm³/mol. The van der Waals surface area contributed by atoms with Crippen LogP contribution in [0, 0.1) is 27.7 Å². The van der Waals surface area contributed by atoms with Gasteiger partial charge < -0.3 is 10.6 Å². The number of hydrogen-bond donors (Lipinski definition) is 3. The van der Waals surface area contributed by atoms with Gasteiger partial charge in [0.05, 0.1) is 4.90 Å². The van der Waals surface area contributed by atoms with Crippen molar-refractivity contribution < 1.29 is 8.42 Å². The van der Waals surface area contributed by atoms with Crippen LogP contribution in [-0.4, -0.2) is 38.0 Å². The second kappa shape index (κ2) is 8.46. The van der Waals surface area contributed by atoms with Gasteiger partial charge in [0.1, 0.15) is 5.82 Å². The Morgan fingerprint density at radius 1 is 0.885 bits per heavy atom. The summed E-state index contributed by atoms with van der Waals surface area (Å²) in [6, 6.07) is 5.44. The van der Waals surface area contributed by atoms with Gasteiger partial charge in [-0.15, -0.1) is 0 Å². The molecule has 142 valence electrons. The van der Waals surface area contributed by atoms with Crippen molar-refractivity contribution in [3.8, 4) is 0 Å². The zero-order chi connectivity index (χ0) is 19.3. The highest BCUT2D eigenvalue weighted by atomic mass is 32.2. The number of nitrogens with one attached hydrogen (secondary N) is 3. The number of rotatable bonds is 8. The Morgan fingerprint density at radius 3 is 2.27 bits per heavy atom. The molecular formula is C18H27N5O2S. The first kappa shape index (κ1) is 20.1. The number of aryl methyl sites for hydroxylation is 4. The molecule has 26 heavy (non-hydrogen) atoms. The van der Waals surface area contributed by atoms with Crippen molar-refractivity contribution in [1.29, 1.82) is 0 Å². The van der Waals surface area contributed by atoms with Gasteiger partial charge in [0.2, 0.25) is 16.0 Å². The minimum Gasteiger partial charge on any atom is -0.369 e. The lowest BCUT2D eigenvalue weighted by Gasteiger charge is -2.13. The van der Waals surface area contributed by atoms with Gasteiger partial charge in [-0.3, -0.25) is 0 Å².